The minimum absolute atomic E-state index is 0.922. The van der Waals surface area contributed by atoms with Crippen LogP contribution in [0.4, 0.5) is 5.69 Å². The van der Waals surface area contributed by atoms with Crippen LogP contribution in [0, 0.1) is 6.92 Å². The molecule has 0 fully saturated rings. The van der Waals surface area contributed by atoms with E-state index in [1.165, 1.54) is 16.8 Å². The largest absolute Gasteiger partial charge is 0.372 e. The summed E-state index contributed by atoms with van der Waals surface area (Å²) in [5, 5.41) is 0. The van der Waals surface area contributed by atoms with E-state index in [4.69, 9.17) is 0 Å². The first-order valence-corrected chi connectivity index (χ1v) is 5.93. The van der Waals surface area contributed by atoms with Gasteiger partial charge in [-0.25, -0.2) is 0 Å². The molecule has 0 spiro atoms. The number of allylic oxidation sites excluding steroid dienone is 1. The molecular formula is C15H22N. The lowest BCUT2D eigenvalue weighted by atomic mass is 9.99. The zero-order valence-electron chi connectivity index (χ0n) is 10.7. The van der Waals surface area contributed by atoms with Crippen LogP contribution in [-0.4, -0.2) is 13.1 Å². The van der Waals surface area contributed by atoms with Crippen LogP contribution in [0.25, 0.3) is 0 Å². The van der Waals surface area contributed by atoms with E-state index < -0.39 is 0 Å². The second kappa shape index (κ2) is 5.74. The van der Waals surface area contributed by atoms with Crippen LogP contribution in [0.2, 0.25) is 0 Å². The van der Waals surface area contributed by atoms with E-state index in [1.54, 1.807) is 0 Å². The average molecular weight is 216 g/mol. The first-order valence-electron chi connectivity index (χ1n) is 5.93. The maximum Gasteiger partial charge on any atom is 0.0404 e. The Morgan fingerprint density at radius 2 is 1.88 bits per heavy atom. The van der Waals surface area contributed by atoms with Crippen LogP contribution in [0.3, 0.4) is 0 Å². The highest BCUT2D eigenvalue weighted by Gasteiger charge is 2.10. The van der Waals surface area contributed by atoms with Gasteiger partial charge in [0.15, 0.2) is 0 Å². The Hall–Kier alpha value is -1.24. The third-order valence-corrected chi connectivity index (χ3v) is 2.83. The maximum atomic E-state index is 4.12. The third-order valence-electron chi connectivity index (χ3n) is 2.83. The average Bonchev–Trinajstić information content (AvgIpc) is 2.24. The van der Waals surface area contributed by atoms with E-state index in [1.807, 2.05) is 0 Å². The van der Waals surface area contributed by atoms with E-state index in [-0.39, 0.29) is 0 Å². The van der Waals surface area contributed by atoms with E-state index in [0.717, 1.165) is 25.1 Å². The highest BCUT2D eigenvalue weighted by Crippen LogP contribution is 2.25. The fourth-order valence-corrected chi connectivity index (χ4v) is 1.99. The van der Waals surface area contributed by atoms with Gasteiger partial charge in [-0.2, -0.15) is 0 Å². The Morgan fingerprint density at radius 1 is 1.25 bits per heavy atom. The van der Waals surface area contributed by atoms with Gasteiger partial charge in [-0.05, 0) is 51.3 Å². The quantitative estimate of drug-likeness (QED) is 0.676. The van der Waals surface area contributed by atoms with E-state index in [9.17, 15) is 0 Å². The smallest absolute Gasteiger partial charge is 0.0404 e. The van der Waals surface area contributed by atoms with Crippen molar-refractivity contribution in [2.45, 2.75) is 27.2 Å². The van der Waals surface area contributed by atoms with Gasteiger partial charge in [0.05, 0.1) is 0 Å². The summed E-state index contributed by atoms with van der Waals surface area (Å²) < 4.78 is 0. The molecule has 0 heterocycles. The highest BCUT2D eigenvalue weighted by molar-refractivity contribution is 5.58. The molecule has 16 heavy (non-hydrogen) atoms. The summed E-state index contributed by atoms with van der Waals surface area (Å²) in [7, 11) is 0. The Balaban J connectivity index is 3.15. The Kier molecular flexibility index (Phi) is 4.60. The molecule has 1 rings (SSSR count). The van der Waals surface area contributed by atoms with Crippen LogP contribution < -0.4 is 4.90 Å². The summed E-state index contributed by atoms with van der Waals surface area (Å²) in [6, 6.07) is 6.34. The summed E-state index contributed by atoms with van der Waals surface area (Å²) in [6.45, 7) is 16.6. The minimum atomic E-state index is 0.922. The van der Waals surface area contributed by atoms with Crippen molar-refractivity contribution in [3.8, 4) is 0 Å². The molecule has 0 bridgehead atoms. The van der Waals surface area contributed by atoms with Gasteiger partial charge in [0.25, 0.3) is 0 Å². The van der Waals surface area contributed by atoms with Crippen LogP contribution in [0.5, 0.6) is 0 Å². The van der Waals surface area contributed by atoms with Crippen molar-refractivity contribution < 1.29 is 0 Å². The van der Waals surface area contributed by atoms with Gasteiger partial charge >= 0.3 is 0 Å². The molecule has 0 saturated carbocycles. The molecule has 0 aromatic heterocycles. The molecule has 1 heteroatoms. The first kappa shape index (κ1) is 12.8. The van der Waals surface area contributed by atoms with Crippen molar-refractivity contribution >= 4 is 5.69 Å². The lowest BCUT2D eigenvalue weighted by molar-refractivity contribution is 0.856. The van der Waals surface area contributed by atoms with Gasteiger partial charge in [0.2, 0.25) is 0 Å². The predicted octanol–water partition coefficient (Wildman–Crippen LogP) is 3.83. The molecule has 0 saturated heterocycles. The molecule has 1 nitrogen and oxygen atoms in total. The van der Waals surface area contributed by atoms with E-state index in [2.05, 4.69) is 57.4 Å². The van der Waals surface area contributed by atoms with Crippen molar-refractivity contribution in [2.75, 3.05) is 18.0 Å². The zero-order valence-corrected chi connectivity index (χ0v) is 10.7. The lowest BCUT2D eigenvalue weighted by Crippen LogP contribution is -2.23. The standard InChI is InChI=1S/C15H22N/c1-6-16(7-2)15-10-8-9-13(5)14(15)11-12(3)4/h8-10H,3,5-7,11H2,1-2,4H3. The summed E-state index contributed by atoms with van der Waals surface area (Å²) >= 11 is 0. The molecule has 1 aromatic carbocycles. The normalized spacial score (nSPS) is 10.2. The molecule has 1 aromatic rings. The summed E-state index contributed by atoms with van der Waals surface area (Å²) in [5.41, 5.74) is 4.93. The summed E-state index contributed by atoms with van der Waals surface area (Å²) in [4.78, 5) is 2.37. The van der Waals surface area contributed by atoms with Gasteiger partial charge in [0, 0.05) is 18.8 Å². The number of nitrogens with zero attached hydrogens (tertiary/aromatic N) is 1. The molecule has 87 valence electrons. The fourth-order valence-electron chi connectivity index (χ4n) is 1.99. The molecule has 0 aliphatic heterocycles. The molecule has 0 aliphatic carbocycles. The van der Waals surface area contributed by atoms with Crippen LogP contribution in [0.1, 0.15) is 31.9 Å². The van der Waals surface area contributed by atoms with Crippen LogP contribution in [0.15, 0.2) is 30.4 Å². The van der Waals surface area contributed by atoms with Gasteiger partial charge in [0.1, 0.15) is 0 Å². The fraction of sp³-hybridized carbons (Fsp3) is 0.400. The number of hydrogen-bond acceptors (Lipinski definition) is 1. The van der Waals surface area contributed by atoms with Gasteiger partial charge in [-0.15, -0.1) is 0 Å². The number of benzene rings is 1. The number of anilines is 1. The van der Waals surface area contributed by atoms with Crippen LogP contribution in [-0.2, 0) is 6.42 Å². The van der Waals surface area contributed by atoms with Crippen LogP contribution >= 0.6 is 0 Å². The molecule has 1 radical (unpaired) electrons. The highest BCUT2D eigenvalue weighted by atomic mass is 15.1. The maximum absolute atomic E-state index is 4.12. The topological polar surface area (TPSA) is 3.24 Å². The molecule has 0 amide bonds. The third kappa shape index (κ3) is 2.88. The molecule has 0 N–H and O–H groups in total. The predicted molar refractivity (Wildman–Crippen MR) is 73.0 cm³/mol. The van der Waals surface area contributed by atoms with Crippen molar-refractivity contribution in [1.82, 2.24) is 0 Å². The summed E-state index contributed by atoms with van der Waals surface area (Å²) in [6.07, 6.45) is 0.922. The lowest BCUT2D eigenvalue weighted by Gasteiger charge is -2.25. The molecule has 0 unspecified atom stereocenters. The monoisotopic (exact) mass is 216 g/mol. The Morgan fingerprint density at radius 3 is 2.38 bits per heavy atom. The van der Waals surface area contributed by atoms with Crippen molar-refractivity contribution in [1.29, 1.82) is 0 Å². The Bertz CT molecular complexity index is 362. The van der Waals surface area contributed by atoms with Gasteiger partial charge in [-0.3, -0.25) is 0 Å². The van der Waals surface area contributed by atoms with E-state index >= 15 is 0 Å². The number of rotatable bonds is 5. The molecule has 0 aliphatic rings. The first-order chi connectivity index (χ1) is 7.60. The number of hydrogen-bond donors (Lipinski definition) is 0. The molecule has 0 atom stereocenters. The Labute approximate surface area is 99.8 Å². The van der Waals surface area contributed by atoms with Gasteiger partial charge in [-0.1, -0.05) is 24.3 Å². The van der Waals surface area contributed by atoms with Crippen molar-refractivity contribution in [3.05, 3.63) is 48.4 Å². The van der Waals surface area contributed by atoms with Crippen molar-refractivity contribution in [3.63, 3.8) is 0 Å². The summed E-state index contributed by atoms with van der Waals surface area (Å²) in [5.74, 6) is 0. The van der Waals surface area contributed by atoms with E-state index in [0.29, 0.717) is 0 Å². The molecular weight excluding hydrogens is 194 g/mol. The van der Waals surface area contributed by atoms with Crippen molar-refractivity contribution in [2.24, 2.45) is 0 Å². The second-order valence-electron chi connectivity index (χ2n) is 4.22. The van der Waals surface area contributed by atoms with Gasteiger partial charge < -0.3 is 4.90 Å². The minimum Gasteiger partial charge on any atom is -0.372 e. The SMILES string of the molecule is [CH2]c1cccc(N(CC)CC)c1CC(=C)C. The second-order valence-corrected chi connectivity index (χ2v) is 4.22. The zero-order chi connectivity index (χ0) is 12.1.